The lowest BCUT2D eigenvalue weighted by atomic mass is 9.94. The third-order valence-electron chi connectivity index (χ3n) is 3.27. The molecule has 0 aromatic rings. The summed E-state index contributed by atoms with van der Waals surface area (Å²) in [5.74, 6) is -6.18. The van der Waals surface area contributed by atoms with Crippen molar-refractivity contribution in [1.29, 1.82) is 0 Å². The molecule has 1 atom stereocenters. The molecule has 1 aliphatic heterocycles. The molecule has 3 nitrogen and oxygen atoms in total. The van der Waals surface area contributed by atoms with Crippen LogP contribution in [0.15, 0.2) is 0 Å². The summed E-state index contributed by atoms with van der Waals surface area (Å²) in [6.07, 6.45) is -10.1. The SMILES string of the molecule is O=C(C(C(F)(F)F)C(F)(F)F)N1CCCC(CCO)C1. The van der Waals surface area contributed by atoms with Crippen LogP contribution in [0.1, 0.15) is 19.3 Å². The average Bonchev–Trinajstić information content (AvgIpc) is 2.25. The summed E-state index contributed by atoms with van der Waals surface area (Å²) in [5, 5.41) is 8.75. The minimum Gasteiger partial charge on any atom is -0.396 e. The molecule has 1 rings (SSSR count). The van der Waals surface area contributed by atoms with Gasteiger partial charge < -0.3 is 10.0 Å². The highest BCUT2D eigenvalue weighted by Crippen LogP contribution is 2.41. The van der Waals surface area contributed by atoms with Gasteiger partial charge in [0.15, 0.2) is 0 Å². The van der Waals surface area contributed by atoms with Gasteiger partial charge in [-0.15, -0.1) is 0 Å². The van der Waals surface area contributed by atoms with Crippen LogP contribution >= 0.6 is 0 Å². The summed E-state index contributed by atoms with van der Waals surface area (Å²) < 4.78 is 74.8. The zero-order chi connectivity index (χ0) is 15.6. The minimum absolute atomic E-state index is 0.122. The molecule has 1 unspecified atom stereocenters. The van der Waals surface area contributed by atoms with Gasteiger partial charge >= 0.3 is 12.4 Å². The molecule has 0 aliphatic carbocycles. The largest absolute Gasteiger partial charge is 0.409 e. The van der Waals surface area contributed by atoms with Crippen molar-refractivity contribution in [2.75, 3.05) is 19.7 Å². The highest BCUT2D eigenvalue weighted by atomic mass is 19.4. The van der Waals surface area contributed by atoms with Gasteiger partial charge in [-0.05, 0) is 25.2 Å². The van der Waals surface area contributed by atoms with E-state index in [9.17, 15) is 31.1 Å². The lowest BCUT2D eigenvalue weighted by molar-refractivity contribution is -0.278. The summed E-state index contributed by atoms with van der Waals surface area (Å²) >= 11 is 0. The minimum atomic E-state index is -5.65. The van der Waals surface area contributed by atoms with Crippen LogP contribution in [0.3, 0.4) is 0 Å². The quantitative estimate of drug-likeness (QED) is 0.813. The van der Waals surface area contributed by atoms with E-state index in [1.165, 1.54) is 0 Å². The fourth-order valence-electron chi connectivity index (χ4n) is 2.33. The van der Waals surface area contributed by atoms with Crippen molar-refractivity contribution in [3.63, 3.8) is 0 Å². The number of aliphatic hydroxyl groups is 1. The van der Waals surface area contributed by atoms with Crippen molar-refractivity contribution in [2.45, 2.75) is 31.6 Å². The monoisotopic (exact) mass is 307 g/mol. The molecule has 9 heteroatoms. The third kappa shape index (κ3) is 4.26. The maximum absolute atomic E-state index is 12.5. The molecule has 0 radical (unpaired) electrons. The molecule has 1 aliphatic rings. The molecule has 0 saturated carbocycles. The van der Waals surface area contributed by atoms with Crippen LogP contribution in [0, 0.1) is 11.8 Å². The molecule has 0 aromatic carbocycles. The molecular formula is C11H15F6NO2. The van der Waals surface area contributed by atoms with Crippen molar-refractivity contribution in [2.24, 2.45) is 11.8 Å². The fraction of sp³-hybridized carbons (Fsp3) is 0.909. The first kappa shape index (κ1) is 17.1. The predicted octanol–water partition coefficient (Wildman–Crippen LogP) is 2.35. The first-order valence-corrected chi connectivity index (χ1v) is 6.10. The van der Waals surface area contributed by atoms with Gasteiger partial charge in [-0.2, -0.15) is 26.3 Å². The molecule has 1 N–H and O–H groups in total. The maximum atomic E-state index is 12.5. The molecule has 0 spiro atoms. The topological polar surface area (TPSA) is 40.5 Å². The molecular weight excluding hydrogens is 292 g/mol. The second-order valence-corrected chi connectivity index (χ2v) is 4.82. The molecule has 0 bridgehead atoms. The summed E-state index contributed by atoms with van der Waals surface area (Å²) in [7, 11) is 0. The van der Waals surface area contributed by atoms with E-state index in [4.69, 9.17) is 5.11 Å². The van der Waals surface area contributed by atoms with Crippen LogP contribution in [0.4, 0.5) is 26.3 Å². The number of piperidine rings is 1. The first-order chi connectivity index (χ1) is 9.07. The number of amides is 1. The van der Waals surface area contributed by atoms with Gasteiger partial charge in [0.05, 0.1) is 0 Å². The number of likely N-dealkylation sites (tertiary alicyclic amines) is 1. The lowest BCUT2D eigenvalue weighted by Gasteiger charge is -2.35. The van der Waals surface area contributed by atoms with Crippen LogP contribution in [0.25, 0.3) is 0 Å². The summed E-state index contributed by atoms with van der Waals surface area (Å²) in [6.45, 7) is -0.514. The van der Waals surface area contributed by atoms with E-state index in [0.29, 0.717) is 17.7 Å². The Balaban J connectivity index is 2.85. The number of carbonyl (C=O) groups is 1. The Kier molecular flexibility index (Phi) is 5.28. The number of nitrogens with zero attached hydrogens (tertiary/aromatic N) is 1. The molecule has 1 fully saturated rings. The van der Waals surface area contributed by atoms with E-state index in [1.54, 1.807) is 0 Å². The number of alkyl halides is 6. The van der Waals surface area contributed by atoms with Crippen molar-refractivity contribution < 1.29 is 36.2 Å². The van der Waals surface area contributed by atoms with Gasteiger partial charge in [-0.25, -0.2) is 0 Å². The number of halogens is 6. The van der Waals surface area contributed by atoms with Crippen molar-refractivity contribution in [3.8, 4) is 0 Å². The summed E-state index contributed by atoms with van der Waals surface area (Å²) in [4.78, 5) is 12.2. The Morgan fingerprint density at radius 3 is 2.20 bits per heavy atom. The number of hydrogen-bond donors (Lipinski definition) is 1. The average molecular weight is 307 g/mol. The van der Waals surface area contributed by atoms with E-state index in [-0.39, 0.29) is 32.0 Å². The van der Waals surface area contributed by atoms with E-state index in [0.717, 1.165) is 0 Å². The van der Waals surface area contributed by atoms with Crippen molar-refractivity contribution in [1.82, 2.24) is 4.90 Å². The van der Waals surface area contributed by atoms with Crippen LogP contribution in [-0.4, -0.2) is 48.0 Å². The van der Waals surface area contributed by atoms with Gasteiger partial charge in [-0.1, -0.05) is 0 Å². The zero-order valence-electron chi connectivity index (χ0n) is 10.5. The highest BCUT2D eigenvalue weighted by molar-refractivity contribution is 5.80. The summed E-state index contributed by atoms with van der Waals surface area (Å²) in [6, 6.07) is 0. The fourth-order valence-corrected chi connectivity index (χ4v) is 2.33. The Bertz CT molecular complexity index is 325. The van der Waals surface area contributed by atoms with Crippen LogP contribution in [-0.2, 0) is 4.79 Å². The Morgan fingerprint density at radius 2 is 1.75 bits per heavy atom. The second kappa shape index (κ2) is 6.19. The van der Waals surface area contributed by atoms with E-state index < -0.39 is 24.2 Å². The molecule has 20 heavy (non-hydrogen) atoms. The van der Waals surface area contributed by atoms with Crippen LogP contribution < -0.4 is 0 Å². The Hall–Kier alpha value is -0.990. The number of hydrogen-bond acceptors (Lipinski definition) is 2. The van der Waals surface area contributed by atoms with Gasteiger partial charge in [-0.3, -0.25) is 4.79 Å². The summed E-state index contributed by atoms with van der Waals surface area (Å²) in [5.41, 5.74) is 0. The standard InChI is InChI=1S/C11H15F6NO2/c12-10(13,14)8(11(15,16)17)9(20)18-4-1-2-7(6-18)3-5-19/h7-8,19H,1-6H2. The maximum Gasteiger partial charge on any atom is 0.409 e. The van der Waals surface area contributed by atoms with E-state index in [1.807, 2.05) is 0 Å². The smallest absolute Gasteiger partial charge is 0.396 e. The van der Waals surface area contributed by atoms with Crippen LogP contribution in [0.5, 0.6) is 0 Å². The third-order valence-corrected chi connectivity index (χ3v) is 3.27. The van der Waals surface area contributed by atoms with Crippen molar-refractivity contribution in [3.05, 3.63) is 0 Å². The van der Waals surface area contributed by atoms with Crippen LogP contribution in [0.2, 0.25) is 0 Å². The van der Waals surface area contributed by atoms with Gasteiger partial charge in [0.2, 0.25) is 11.8 Å². The number of aliphatic hydroxyl groups excluding tert-OH is 1. The molecule has 118 valence electrons. The molecule has 1 heterocycles. The molecule has 1 saturated heterocycles. The van der Waals surface area contributed by atoms with E-state index >= 15 is 0 Å². The Labute approximate surface area is 111 Å². The van der Waals surface area contributed by atoms with Crippen molar-refractivity contribution >= 4 is 5.91 Å². The molecule has 1 amide bonds. The van der Waals surface area contributed by atoms with Gasteiger partial charge in [0, 0.05) is 19.7 Å². The number of rotatable bonds is 3. The van der Waals surface area contributed by atoms with E-state index in [2.05, 4.69) is 0 Å². The first-order valence-electron chi connectivity index (χ1n) is 6.10. The second-order valence-electron chi connectivity index (χ2n) is 4.82. The normalized spacial score (nSPS) is 21.4. The lowest BCUT2D eigenvalue weighted by Crippen LogP contribution is -2.52. The van der Waals surface area contributed by atoms with Gasteiger partial charge in [0.1, 0.15) is 0 Å². The highest BCUT2D eigenvalue weighted by Gasteiger charge is 2.62. The predicted molar refractivity (Wildman–Crippen MR) is 56.6 cm³/mol. The van der Waals surface area contributed by atoms with Gasteiger partial charge in [0.25, 0.3) is 0 Å². The number of carbonyl (C=O) groups excluding carboxylic acids is 1. The zero-order valence-corrected chi connectivity index (χ0v) is 10.5. The Morgan fingerprint density at radius 1 is 1.20 bits per heavy atom. The molecule has 0 aromatic heterocycles.